The number of rotatable bonds is 5. The maximum Gasteiger partial charge on any atom is 0.158 e. The van der Waals surface area contributed by atoms with Gasteiger partial charge in [-0.05, 0) is 24.8 Å². The van der Waals surface area contributed by atoms with Crippen molar-refractivity contribution >= 4 is 5.78 Å². The summed E-state index contributed by atoms with van der Waals surface area (Å²) in [6.07, 6.45) is 5.56. The molecule has 0 bridgehead atoms. The van der Waals surface area contributed by atoms with Gasteiger partial charge in [-0.25, -0.2) is 0 Å². The van der Waals surface area contributed by atoms with Crippen LogP contribution >= 0.6 is 0 Å². The van der Waals surface area contributed by atoms with Crippen molar-refractivity contribution < 1.29 is 4.79 Å². The van der Waals surface area contributed by atoms with Crippen molar-refractivity contribution in [2.75, 3.05) is 0 Å². The van der Waals surface area contributed by atoms with E-state index < -0.39 is 0 Å². The molecule has 1 nitrogen and oxygen atoms in total. The first-order valence-electron chi connectivity index (χ1n) is 5.48. The van der Waals surface area contributed by atoms with Gasteiger partial charge < -0.3 is 0 Å². The number of allylic oxidation sites excluding steroid dienone is 2. The van der Waals surface area contributed by atoms with E-state index >= 15 is 0 Å². The molecule has 0 saturated carbocycles. The maximum absolute atomic E-state index is 11.3. The van der Waals surface area contributed by atoms with Crippen LogP contribution < -0.4 is 0 Å². The molecular weight excluding hydrogens is 160 g/mol. The van der Waals surface area contributed by atoms with Crippen molar-refractivity contribution in [1.29, 1.82) is 0 Å². The Bertz CT molecular complexity index is 145. The lowest BCUT2D eigenvalue weighted by Gasteiger charge is -2.00. The zero-order chi connectivity index (χ0) is 10.7. The van der Waals surface area contributed by atoms with Gasteiger partial charge in [0.15, 0.2) is 5.78 Å². The van der Waals surface area contributed by atoms with E-state index in [2.05, 4.69) is 6.92 Å². The van der Waals surface area contributed by atoms with Gasteiger partial charge in [0.05, 0.1) is 0 Å². The molecular formula is C12H24O. The molecule has 0 unspecified atom stereocenters. The largest absolute Gasteiger partial charge is 0.295 e. The van der Waals surface area contributed by atoms with E-state index in [4.69, 9.17) is 0 Å². The van der Waals surface area contributed by atoms with E-state index in [9.17, 15) is 4.79 Å². The molecule has 0 aromatic carbocycles. The van der Waals surface area contributed by atoms with Crippen molar-refractivity contribution in [3.8, 4) is 0 Å². The molecule has 0 atom stereocenters. The molecule has 0 aliphatic carbocycles. The Hall–Kier alpha value is -0.590. The average Bonchev–Trinajstić information content (AvgIpc) is 2.17. The normalized spacial score (nSPS) is 10.4. The molecule has 13 heavy (non-hydrogen) atoms. The topological polar surface area (TPSA) is 17.1 Å². The van der Waals surface area contributed by atoms with Crippen molar-refractivity contribution in [2.24, 2.45) is 0 Å². The summed E-state index contributed by atoms with van der Waals surface area (Å²) in [5.41, 5.74) is 1.01. The van der Waals surface area contributed by atoms with E-state index in [1.807, 2.05) is 33.8 Å². The highest BCUT2D eigenvalue weighted by Gasteiger charge is 2.03. The highest BCUT2D eigenvalue weighted by atomic mass is 16.1. The third-order valence-corrected chi connectivity index (χ3v) is 1.67. The summed E-state index contributed by atoms with van der Waals surface area (Å²) in [5, 5.41) is 0. The van der Waals surface area contributed by atoms with Gasteiger partial charge in [-0.2, -0.15) is 0 Å². The SMILES string of the molecule is CC.CC/C=C(\CC)C(=O)CCC. The number of Topliss-reactive ketones (excluding diaryl/α,β-unsaturated/α-hetero) is 1. The Morgan fingerprint density at radius 3 is 2.00 bits per heavy atom. The highest BCUT2D eigenvalue weighted by Crippen LogP contribution is 2.07. The third kappa shape index (κ3) is 7.76. The van der Waals surface area contributed by atoms with Crippen LogP contribution in [0.15, 0.2) is 11.6 Å². The fraction of sp³-hybridized carbons (Fsp3) is 0.750. The Balaban J connectivity index is 0. The standard InChI is InChI=1S/C10H18O.C2H6/c1-4-7-9(6-3)10(11)8-5-2;1-2/h7H,4-6,8H2,1-3H3;1-2H3/b9-7+;. The number of hydrogen-bond donors (Lipinski definition) is 0. The van der Waals surface area contributed by atoms with Crippen LogP contribution in [-0.4, -0.2) is 5.78 Å². The smallest absolute Gasteiger partial charge is 0.158 e. The molecule has 0 radical (unpaired) electrons. The van der Waals surface area contributed by atoms with Crippen LogP contribution in [0.3, 0.4) is 0 Å². The molecule has 0 aromatic heterocycles. The summed E-state index contributed by atoms with van der Waals surface area (Å²) in [6, 6.07) is 0. The molecule has 0 aromatic rings. The highest BCUT2D eigenvalue weighted by molar-refractivity contribution is 5.95. The molecule has 78 valence electrons. The van der Waals surface area contributed by atoms with Crippen molar-refractivity contribution in [3.05, 3.63) is 11.6 Å². The predicted octanol–water partition coefficient (Wildman–Crippen LogP) is 4.13. The minimum Gasteiger partial charge on any atom is -0.295 e. The average molecular weight is 184 g/mol. The maximum atomic E-state index is 11.3. The fourth-order valence-corrected chi connectivity index (χ4v) is 1.09. The molecule has 0 rings (SSSR count). The summed E-state index contributed by atoms with van der Waals surface area (Å²) in [5.74, 6) is 0.330. The van der Waals surface area contributed by atoms with Gasteiger partial charge in [-0.15, -0.1) is 0 Å². The van der Waals surface area contributed by atoms with E-state index in [0.29, 0.717) is 12.2 Å². The van der Waals surface area contributed by atoms with Crippen LogP contribution in [0, 0.1) is 0 Å². The van der Waals surface area contributed by atoms with E-state index in [0.717, 1.165) is 24.8 Å². The van der Waals surface area contributed by atoms with E-state index in [1.165, 1.54) is 0 Å². The second-order valence-electron chi connectivity index (χ2n) is 2.66. The van der Waals surface area contributed by atoms with Crippen LogP contribution in [0.5, 0.6) is 0 Å². The van der Waals surface area contributed by atoms with E-state index in [-0.39, 0.29) is 0 Å². The quantitative estimate of drug-likeness (QED) is 0.587. The molecule has 0 aliphatic rings. The zero-order valence-electron chi connectivity index (χ0n) is 9.81. The fourth-order valence-electron chi connectivity index (χ4n) is 1.09. The van der Waals surface area contributed by atoms with E-state index in [1.54, 1.807) is 0 Å². The van der Waals surface area contributed by atoms with Crippen molar-refractivity contribution in [3.63, 3.8) is 0 Å². The minimum atomic E-state index is 0.330. The molecule has 0 aliphatic heterocycles. The summed E-state index contributed by atoms with van der Waals surface area (Å²) in [6.45, 7) is 10.1. The first-order chi connectivity index (χ1) is 6.26. The number of ketones is 1. The molecule has 0 heterocycles. The van der Waals surface area contributed by atoms with Crippen LogP contribution in [0.4, 0.5) is 0 Å². The molecule has 0 spiro atoms. The minimum absolute atomic E-state index is 0.330. The first-order valence-corrected chi connectivity index (χ1v) is 5.48. The molecule has 0 N–H and O–H groups in total. The van der Waals surface area contributed by atoms with Crippen molar-refractivity contribution in [2.45, 2.75) is 60.3 Å². The Labute approximate surface area is 83.2 Å². The predicted molar refractivity (Wildman–Crippen MR) is 59.9 cm³/mol. The molecule has 0 fully saturated rings. The number of hydrogen-bond acceptors (Lipinski definition) is 1. The summed E-state index contributed by atoms with van der Waals surface area (Å²) >= 11 is 0. The van der Waals surface area contributed by atoms with Gasteiger partial charge in [0.25, 0.3) is 0 Å². The van der Waals surface area contributed by atoms with Gasteiger partial charge in [-0.3, -0.25) is 4.79 Å². The lowest BCUT2D eigenvalue weighted by Crippen LogP contribution is -2.00. The first kappa shape index (κ1) is 14.9. The van der Waals surface area contributed by atoms with Gasteiger partial charge in [0.1, 0.15) is 0 Å². The number of carbonyl (C=O) groups excluding carboxylic acids is 1. The summed E-state index contributed by atoms with van der Waals surface area (Å²) in [7, 11) is 0. The lowest BCUT2D eigenvalue weighted by molar-refractivity contribution is -0.115. The summed E-state index contributed by atoms with van der Waals surface area (Å²) < 4.78 is 0. The summed E-state index contributed by atoms with van der Waals surface area (Å²) in [4.78, 5) is 11.3. The Morgan fingerprint density at radius 2 is 1.69 bits per heavy atom. The number of carbonyl (C=O) groups is 1. The van der Waals surface area contributed by atoms with Crippen LogP contribution in [0.25, 0.3) is 0 Å². The lowest BCUT2D eigenvalue weighted by atomic mass is 10.0. The zero-order valence-corrected chi connectivity index (χ0v) is 9.81. The Morgan fingerprint density at radius 1 is 1.15 bits per heavy atom. The third-order valence-electron chi connectivity index (χ3n) is 1.67. The van der Waals surface area contributed by atoms with Crippen LogP contribution in [0.1, 0.15) is 60.3 Å². The second-order valence-corrected chi connectivity index (χ2v) is 2.66. The van der Waals surface area contributed by atoms with Gasteiger partial charge in [0.2, 0.25) is 0 Å². The van der Waals surface area contributed by atoms with Gasteiger partial charge in [-0.1, -0.05) is 40.7 Å². The van der Waals surface area contributed by atoms with Gasteiger partial charge in [0, 0.05) is 6.42 Å². The van der Waals surface area contributed by atoms with Crippen LogP contribution in [0.2, 0.25) is 0 Å². The molecule has 0 amide bonds. The Kier molecular flexibility index (Phi) is 13.1. The monoisotopic (exact) mass is 184 g/mol. The van der Waals surface area contributed by atoms with Gasteiger partial charge >= 0.3 is 0 Å². The molecule has 0 saturated heterocycles. The van der Waals surface area contributed by atoms with Crippen LogP contribution in [-0.2, 0) is 4.79 Å². The second kappa shape index (κ2) is 11.4. The molecule has 1 heteroatoms. The van der Waals surface area contributed by atoms with Crippen molar-refractivity contribution in [1.82, 2.24) is 0 Å².